The molecule has 2 aromatic rings. The topological polar surface area (TPSA) is 139 Å². The Kier molecular flexibility index (Phi) is 4.03. The Bertz CT molecular complexity index is 1160. The number of carbonyl (C=O) groups excluding carboxylic acids is 3. The van der Waals surface area contributed by atoms with Crippen molar-refractivity contribution in [3.63, 3.8) is 0 Å². The maximum absolute atomic E-state index is 14.6. The van der Waals surface area contributed by atoms with Crippen molar-refractivity contribution in [2.24, 2.45) is 0 Å². The monoisotopic (exact) mass is 433 g/mol. The Balaban J connectivity index is 2.39. The molecular weight excluding hydrogens is 413 g/mol. The summed E-state index contributed by atoms with van der Waals surface area (Å²) in [7, 11) is 0. The van der Waals surface area contributed by atoms with E-state index in [0.29, 0.717) is 17.0 Å². The summed E-state index contributed by atoms with van der Waals surface area (Å²) in [5.41, 5.74) is -12.4. The Hall–Kier alpha value is -2.67. The predicted octanol–water partition coefficient (Wildman–Crippen LogP) is -0.0573. The summed E-state index contributed by atoms with van der Waals surface area (Å²) < 4.78 is 69.5. The lowest BCUT2D eigenvalue weighted by atomic mass is 9.63. The zero-order chi connectivity index (χ0) is 24.9. The van der Waals surface area contributed by atoms with Crippen LogP contribution >= 0.6 is 0 Å². The number of ether oxygens (including phenoxy) is 1. The maximum Gasteiger partial charge on any atom is 0.207 e. The number of benzene rings is 1. The fourth-order valence-corrected chi connectivity index (χ4v) is 3.54. The fourth-order valence-electron chi connectivity index (χ4n) is 3.54. The molecule has 0 aliphatic carbocycles. The third kappa shape index (κ3) is 2.44. The van der Waals surface area contributed by atoms with E-state index in [9.17, 15) is 42.9 Å². The molecule has 2 heterocycles. The lowest BCUT2D eigenvalue weighted by Crippen LogP contribution is -2.82. The molecule has 0 saturated carbocycles. The number of fused-ring (bicyclic) bond motifs is 1. The van der Waals surface area contributed by atoms with Crippen molar-refractivity contribution >= 4 is 28.4 Å². The van der Waals surface area contributed by atoms with Crippen LogP contribution in [0.3, 0.4) is 0 Å². The van der Waals surface area contributed by atoms with E-state index in [1.807, 2.05) is 0 Å². The van der Waals surface area contributed by atoms with E-state index in [4.69, 9.17) is 8.85 Å². The molecule has 1 unspecified atom stereocenters. The van der Waals surface area contributed by atoms with Gasteiger partial charge in [-0.05, 0) is 20.7 Å². The first-order valence-corrected chi connectivity index (χ1v) is 8.13. The lowest BCUT2D eigenvalue weighted by molar-refractivity contribution is -0.310. The van der Waals surface area contributed by atoms with Gasteiger partial charge in [0.15, 0.2) is 46.6 Å². The molecule has 0 bridgehead atoms. The van der Waals surface area contributed by atoms with Gasteiger partial charge in [0.2, 0.25) is 11.2 Å². The summed E-state index contributed by atoms with van der Waals surface area (Å²) in [6.07, 6.45) is -1.76. The number of hydrogen-bond acceptors (Lipinski definition) is 8. The van der Waals surface area contributed by atoms with Crippen LogP contribution < -0.4 is 0 Å². The van der Waals surface area contributed by atoms with Gasteiger partial charge in [-0.15, -0.1) is 0 Å². The van der Waals surface area contributed by atoms with E-state index in [0.717, 1.165) is 0 Å². The van der Waals surface area contributed by atoms with Crippen LogP contribution in [0.5, 0.6) is 0 Å². The van der Waals surface area contributed by atoms with E-state index in [2.05, 4.69) is 4.98 Å². The molecule has 1 aromatic heterocycles. The summed E-state index contributed by atoms with van der Waals surface area (Å²) in [6, 6.07) is 0.472. The predicted molar refractivity (Wildman–Crippen MR) is 91.5 cm³/mol. The number of halogens is 3. The summed E-state index contributed by atoms with van der Waals surface area (Å²) in [5.74, 6) is -10.5. The van der Waals surface area contributed by atoms with Crippen LogP contribution in [-0.2, 0) is 19.1 Å². The van der Waals surface area contributed by atoms with Gasteiger partial charge in [0.25, 0.3) is 0 Å². The summed E-state index contributed by atoms with van der Waals surface area (Å²) in [4.78, 5) is 41.4. The first-order chi connectivity index (χ1) is 15.4. The van der Waals surface area contributed by atoms with Gasteiger partial charge in [-0.3, -0.25) is 19.0 Å². The molecular formula is C18H17F3N2O7. The van der Waals surface area contributed by atoms with Crippen molar-refractivity contribution in [3.05, 3.63) is 29.8 Å². The minimum absolute atomic E-state index is 0.424. The number of aromatic nitrogens is 2. The zero-order valence-corrected chi connectivity index (χ0v) is 15.1. The van der Waals surface area contributed by atoms with Crippen LogP contribution in [0.1, 0.15) is 31.0 Å². The minimum Gasteiger partial charge on any atom is -0.376 e. The van der Waals surface area contributed by atoms with Crippen molar-refractivity contribution in [2.45, 2.75) is 43.7 Å². The van der Waals surface area contributed by atoms with Gasteiger partial charge < -0.3 is 20.1 Å². The number of rotatable bonds is 4. The number of aliphatic hydroxyl groups is 3. The van der Waals surface area contributed by atoms with E-state index >= 15 is 0 Å². The number of imidazole rings is 1. The number of Topliss-reactive ketones (excluding diaryl/α,β-unsaturated/α-hetero) is 3. The molecule has 1 fully saturated rings. The van der Waals surface area contributed by atoms with Gasteiger partial charge in [-0.25, -0.2) is 18.2 Å². The maximum atomic E-state index is 14.6. The second kappa shape index (κ2) is 6.67. The fraction of sp³-hybridized carbons (Fsp3) is 0.444. The van der Waals surface area contributed by atoms with Crippen LogP contribution in [-0.4, -0.2) is 65.6 Å². The van der Waals surface area contributed by atoms with Crippen molar-refractivity contribution in [1.29, 1.82) is 0 Å². The van der Waals surface area contributed by atoms with Gasteiger partial charge in [0.1, 0.15) is 5.52 Å². The van der Waals surface area contributed by atoms with Gasteiger partial charge in [0, 0.05) is 10.2 Å². The normalized spacial score (nSPS) is 33.0. The molecule has 0 amide bonds. The summed E-state index contributed by atoms with van der Waals surface area (Å²) in [6.45, 7) is -5.34. The number of carbonyl (C=O) groups is 3. The van der Waals surface area contributed by atoms with Crippen LogP contribution in [0, 0.1) is 17.5 Å². The van der Waals surface area contributed by atoms with Crippen LogP contribution in [0.25, 0.3) is 11.0 Å². The molecule has 1 aliphatic heterocycles. The molecule has 9 nitrogen and oxygen atoms in total. The molecule has 4 atom stereocenters. The number of hydrogen-bond donors (Lipinski definition) is 3. The van der Waals surface area contributed by atoms with Gasteiger partial charge in [0.05, 0.1) is 18.5 Å². The molecule has 0 spiro atoms. The largest absolute Gasteiger partial charge is 0.376 e. The second-order valence-corrected chi connectivity index (χ2v) is 6.78. The highest BCUT2D eigenvalue weighted by Gasteiger charge is 2.75. The Morgan fingerprint density at radius 1 is 1.13 bits per heavy atom. The Morgan fingerprint density at radius 2 is 1.77 bits per heavy atom. The molecule has 0 radical (unpaired) electrons. The molecule has 1 aliphatic rings. The summed E-state index contributed by atoms with van der Waals surface area (Å²) in [5, 5.41) is 33.5. The van der Waals surface area contributed by atoms with Gasteiger partial charge in [-0.2, -0.15) is 0 Å². The van der Waals surface area contributed by atoms with Crippen molar-refractivity contribution in [1.82, 2.24) is 9.55 Å². The van der Waals surface area contributed by atoms with E-state index in [1.54, 1.807) is 0 Å². The molecule has 30 heavy (non-hydrogen) atoms. The van der Waals surface area contributed by atoms with Crippen LogP contribution in [0.15, 0.2) is 12.4 Å². The molecule has 1 aromatic carbocycles. The van der Waals surface area contributed by atoms with Crippen molar-refractivity contribution in [3.8, 4) is 0 Å². The van der Waals surface area contributed by atoms with E-state index in [-0.39, 0.29) is 0 Å². The van der Waals surface area contributed by atoms with Crippen molar-refractivity contribution in [2.75, 3.05) is 6.61 Å². The van der Waals surface area contributed by atoms with Gasteiger partial charge >= 0.3 is 0 Å². The van der Waals surface area contributed by atoms with E-state index < -0.39 is 96.2 Å². The third-order valence-corrected chi connectivity index (χ3v) is 5.20. The number of ketones is 3. The quantitative estimate of drug-likeness (QED) is 0.570. The highest BCUT2D eigenvalue weighted by Crippen LogP contribution is 2.48. The van der Waals surface area contributed by atoms with E-state index in [1.165, 1.54) is 0 Å². The zero-order valence-electron chi connectivity index (χ0n) is 18.1. The van der Waals surface area contributed by atoms with Crippen LogP contribution in [0.2, 0.25) is 0 Å². The first kappa shape index (κ1) is 18.1. The molecule has 12 heteroatoms. The highest BCUT2D eigenvalue weighted by molar-refractivity contribution is 6.05. The Morgan fingerprint density at radius 3 is 2.37 bits per heavy atom. The first-order valence-electron chi connectivity index (χ1n) is 10.2. The molecule has 3 N–H and O–H groups in total. The molecule has 3 rings (SSSR count). The van der Waals surface area contributed by atoms with Crippen LogP contribution in [0.4, 0.5) is 13.2 Å². The average molecular weight is 433 g/mol. The number of nitrogens with zero attached hydrogens (tertiary/aromatic N) is 2. The summed E-state index contributed by atoms with van der Waals surface area (Å²) >= 11 is 0. The SMILES string of the molecule is [2H]CC(=O)[C@@]1(O)[C@@](O)(C(=O)C[2H])COC(n2cnc3cc(F)c(F)c(F)c32)[C@@]1(O)C(=O)C[2H]. The van der Waals surface area contributed by atoms with Gasteiger partial charge in [-0.1, -0.05) is 0 Å². The Labute approximate surface area is 170 Å². The second-order valence-electron chi connectivity index (χ2n) is 6.78. The minimum atomic E-state index is -3.84. The highest BCUT2D eigenvalue weighted by atomic mass is 19.2. The smallest absolute Gasteiger partial charge is 0.207 e. The third-order valence-electron chi connectivity index (χ3n) is 5.20. The average Bonchev–Trinajstić information content (AvgIpc) is 3.22. The molecule has 162 valence electrons. The molecule has 1 saturated heterocycles. The van der Waals surface area contributed by atoms with Crippen molar-refractivity contribution < 1.29 is 51.7 Å². The standard InChI is InChI=1S/C18H17F3N2O7/c1-7(24)16(27)5-30-15(17(28,8(2)25)18(16,29)9(3)26)23-6-22-11-4-10(19)12(20)13(21)14(11)23/h4,6,15,27-29H,5H2,1-3H3/t15?,16-,17-,18+/m0/s1/i1D,2D,3D. The lowest BCUT2D eigenvalue weighted by Gasteiger charge is -2.54.